The van der Waals surface area contributed by atoms with Crippen molar-refractivity contribution in [2.45, 2.75) is 45.3 Å². The summed E-state index contributed by atoms with van der Waals surface area (Å²) in [4.78, 5) is 29.3. The van der Waals surface area contributed by atoms with Gasteiger partial charge in [0.1, 0.15) is 11.3 Å². The van der Waals surface area contributed by atoms with Crippen molar-refractivity contribution in [2.24, 2.45) is 11.8 Å². The van der Waals surface area contributed by atoms with Gasteiger partial charge in [-0.25, -0.2) is 4.79 Å². The van der Waals surface area contributed by atoms with Crippen LogP contribution in [0.2, 0.25) is 0 Å². The van der Waals surface area contributed by atoms with Crippen molar-refractivity contribution in [1.29, 1.82) is 0 Å². The number of likely N-dealkylation sites (tertiary alicyclic amines) is 1. The predicted octanol–water partition coefficient (Wildman–Crippen LogP) is 2.39. The van der Waals surface area contributed by atoms with Crippen molar-refractivity contribution in [2.75, 3.05) is 13.1 Å². The van der Waals surface area contributed by atoms with E-state index in [0.29, 0.717) is 24.1 Å². The molecule has 1 aliphatic heterocycles. The van der Waals surface area contributed by atoms with Crippen molar-refractivity contribution in [3.63, 3.8) is 0 Å². The Kier molecular flexibility index (Phi) is 4.08. The lowest BCUT2D eigenvalue weighted by atomic mass is 9.98. The first kappa shape index (κ1) is 15.9. The minimum absolute atomic E-state index is 0.0421. The van der Waals surface area contributed by atoms with Crippen LogP contribution >= 0.6 is 0 Å². The fraction of sp³-hybridized carbons (Fsp3) is 0.647. The summed E-state index contributed by atoms with van der Waals surface area (Å²) in [5.74, 6) is 0.829. The van der Waals surface area contributed by atoms with Crippen LogP contribution in [0.3, 0.4) is 0 Å². The molecule has 0 radical (unpaired) electrons. The van der Waals surface area contributed by atoms with Gasteiger partial charge in [0.2, 0.25) is 0 Å². The van der Waals surface area contributed by atoms with E-state index in [0.717, 1.165) is 19.4 Å². The molecule has 3 atom stereocenters. The number of hydrogen-bond donors (Lipinski definition) is 2. The summed E-state index contributed by atoms with van der Waals surface area (Å²) >= 11 is 0. The fourth-order valence-electron chi connectivity index (χ4n) is 3.70. The van der Waals surface area contributed by atoms with Crippen LogP contribution in [-0.2, 0) is 4.74 Å². The Labute approximate surface area is 136 Å². The molecule has 0 unspecified atom stereocenters. The van der Waals surface area contributed by atoms with Gasteiger partial charge >= 0.3 is 6.09 Å². The highest BCUT2D eigenvalue weighted by Gasteiger charge is 2.45. The Morgan fingerprint density at radius 1 is 1.30 bits per heavy atom. The Bertz CT molecular complexity index is 576. The number of hydrogen-bond acceptors (Lipinski definition) is 3. The molecule has 0 bridgehead atoms. The standard InChI is InChI=1S/C17H25N3O3/c1-17(2,3)23-16(22)19-13-7-6-11-9-20(10-12(11)13)15(21)14-5-4-8-18-14/h4-5,8,11-13,18H,6-7,9-10H2,1-3H3,(H,19,22)/t11-,12+,13-/m1/s1. The second kappa shape index (κ2) is 5.91. The third-order valence-corrected chi connectivity index (χ3v) is 4.67. The van der Waals surface area contributed by atoms with Gasteiger partial charge in [0.15, 0.2) is 0 Å². The summed E-state index contributed by atoms with van der Waals surface area (Å²) in [6, 6.07) is 3.72. The number of ether oxygens (including phenoxy) is 1. The fourth-order valence-corrected chi connectivity index (χ4v) is 3.70. The van der Waals surface area contributed by atoms with Crippen molar-refractivity contribution in [3.05, 3.63) is 24.0 Å². The van der Waals surface area contributed by atoms with Gasteiger partial charge in [-0.2, -0.15) is 0 Å². The number of carbonyl (C=O) groups is 2. The molecular formula is C17H25N3O3. The van der Waals surface area contributed by atoms with Gasteiger partial charge < -0.3 is 19.9 Å². The topological polar surface area (TPSA) is 74.4 Å². The molecule has 1 saturated carbocycles. The number of rotatable bonds is 2. The van der Waals surface area contributed by atoms with Crippen molar-refractivity contribution in [1.82, 2.24) is 15.2 Å². The molecular weight excluding hydrogens is 294 g/mol. The Balaban J connectivity index is 1.59. The SMILES string of the molecule is CC(C)(C)OC(=O)N[C@@H]1CC[C@@H]2CN(C(=O)c3ccc[nH]3)C[C@@H]21. The first-order valence-corrected chi connectivity index (χ1v) is 8.25. The minimum atomic E-state index is -0.493. The van der Waals surface area contributed by atoms with Gasteiger partial charge in [-0.3, -0.25) is 4.79 Å². The molecule has 2 aliphatic rings. The lowest BCUT2D eigenvalue weighted by Gasteiger charge is -2.24. The van der Waals surface area contributed by atoms with Crippen molar-refractivity contribution < 1.29 is 14.3 Å². The lowest BCUT2D eigenvalue weighted by Crippen LogP contribution is -2.42. The first-order valence-electron chi connectivity index (χ1n) is 8.25. The third kappa shape index (κ3) is 3.51. The van der Waals surface area contributed by atoms with Gasteiger partial charge in [-0.05, 0) is 51.7 Å². The number of aromatic amines is 1. The van der Waals surface area contributed by atoms with Crippen LogP contribution in [0.15, 0.2) is 18.3 Å². The molecule has 0 aromatic carbocycles. The van der Waals surface area contributed by atoms with E-state index in [9.17, 15) is 9.59 Å². The largest absolute Gasteiger partial charge is 0.444 e. The molecule has 0 spiro atoms. The van der Waals surface area contributed by atoms with Crippen LogP contribution in [0, 0.1) is 11.8 Å². The maximum atomic E-state index is 12.4. The maximum absolute atomic E-state index is 12.4. The first-order chi connectivity index (χ1) is 10.8. The number of aromatic nitrogens is 1. The summed E-state index contributed by atoms with van der Waals surface area (Å²) in [5, 5.41) is 2.99. The van der Waals surface area contributed by atoms with Gasteiger partial charge in [0.25, 0.3) is 5.91 Å². The van der Waals surface area contributed by atoms with E-state index in [1.165, 1.54) is 0 Å². The summed E-state index contributed by atoms with van der Waals surface area (Å²) < 4.78 is 5.35. The number of carbonyl (C=O) groups excluding carboxylic acids is 2. The maximum Gasteiger partial charge on any atom is 0.407 e. The highest BCUT2D eigenvalue weighted by Crippen LogP contribution is 2.38. The van der Waals surface area contributed by atoms with E-state index >= 15 is 0 Å². The predicted molar refractivity (Wildman–Crippen MR) is 86.1 cm³/mol. The third-order valence-electron chi connectivity index (χ3n) is 4.67. The molecule has 3 rings (SSSR count). The second-order valence-electron chi connectivity index (χ2n) is 7.55. The molecule has 6 nitrogen and oxygen atoms in total. The Morgan fingerprint density at radius 3 is 2.74 bits per heavy atom. The smallest absolute Gasteiger partial charge is 0.407 e. The molecule has 1 aromatic heterocycles. The van der Waals surface area contributed by atoms with Crippen LogP contribution < -0.4 is 5.32 Å². The molecule has 2 N–H and O–H groups in total. The normalized spacial score (nSPS) is 26.9. The molecule has 2 fully saturated rings. The molecule has 2 heterocycles. The molecule has 6 heteroatoms. The number of fused-ring (bicyclic) bond motifs is 1. The number of alkyl carbamates (subject to hydrolysis) is 1. The molecule has 1 saturated heterocycles. The lowest BCUT2D eigenvalue weighted by molar-refractivity contribution is 0.0491. The van der Waals surface area contributed by atoms with Gasteiger partial charge in [-0.1, -0.05) is 0 Å². The molecule has 1 aliphatic carbocycles. The second-order valence-corrected chi connectivity index (χ2v) is 7.55. The molecule has 126 valence electrons. The summed E-state index contributed by atoms with van der Waals surface area (Å²) in [6.07, 6.45) is 3.40. The highest BCUT2D eigenvalue weighted by atomic mass is 16.6. The van der Waals surface area contributed by atoms with E-state index < -0.39 is 5.60 Å². The van der Waals surface area contributed by atoms with Crippen LogP contribution in [0.1, 0.15) is 44.1 Å². The minimum Gasteiger partial charge on any atom is -0.444 e. The van der Waals surface area contributed by atoms with Crippen LogP contribution in [-0.4, -0.2) is 46.6 Å². The van der Waals surface area contributed by atoms with E-state index in [-0.39, 0.29) is 18.0 Å². The van der Waals surface area contributed by atoms with Crippen molar-refractivity contribution >= 4 is 12.0 Å². The molecule has 2 amide bonds. The zero-order chi connectivity index (χ0) is 16.6. The molecule has 23 heavy (non-hydrogen) atoms. The van der Waals surface area contributed by atoms with Gasteiger partial charge in [-0.15, -0.1) is 0 Å². The van der Waals surface area contributed by atoms with E-state index in [1.807, 2.05) is 31.7 Å². The Hall–Kier alpha value is -1.98. The quantitative estimate of drug-likeness (QED) is 0.879. The zero-order valence-electron chi connectivity index (χ0n) is 14.0. The van der Waals surface area contributed by atoms with Crippen LogP contribution in [0.5, 0.6) is 0 Å². The van der Waals surface area contributed by atoms with E-state index in [4.69, 9.17) is 4.74 Å². The summed E-state index contributed by atoms with van der Waals surface area (Å²) in [7, 11) is 0. The Morgan fingerprint density at radius 2 is 2.09 bits per heavy atom. The van der Waals surface area contributed by atoms with Gasteiger partial charge in [0, 0.05) is 31.2 Å². The number of amides is 2. The monoisotopic (exact) mass is 319 g/mol. The van der Waals surface area contributed by atoms with Crippen LogP contribution in [0.25, 0.3) is 0 Å². The van der Waals surface area contributed by atoms with Gasteiger partial charge in [0.05, 0.1) is 0 Å². The highest BCUT2D eigenvalue weighted by molar-refractivity contribution is 5.92. The summed E-state index contributed by atoms with van der Waals surface area (Å²) in [5.41, 5.74) is 0.134. The zero-order valence-corrected chi connectivity index (χ0v) is 14.0. The van der Waals surface area contributed by atoms with Crippen molar-refractivity contribution in [3.8, 4) is 0 Å². The average molecular weight is 319 g/mol. The van der Waals surface area contributed by atoms with E-state index in [2.05, 4.69) is 10.3 Å². The van der Waals surface area contributed by atoms with E-state index in [1.54, 1.807) is 12.3 Å². The molecule has 1 aromatic rings. The number of nitrogens with zero attached hydrogens (tertiary/aromatic N) is 1. The number of nitrogens with one attached hydrogen (secondary N) is 2. The average Bonchev–Trinajstić information content (AvgIpc) is 3.13. The van der Waals surface area contributed by atoms with Crippen LogP contribution in [0.4, 0.5) is 4.79 Å². The summed E-state index contributed by atoms with van der Waals surface area (Å²) in [6.45, 7) is 7.04. The number of H-pyrrole nitrogens is 1.